The van der Waals surface area contributed by atoms with Crippen LogP contribution in [0.5, 0.6) is 0 Å². The molecule has 0 aromatic carbocycles. The van der Waals surface area contributed by atoms with Crippen LogP contribution in [0.25, 0.3) is 0 Å². The van der Waals surface area contributed by atoms with E-state index in [-0.39, 0.29) is 40.8 Å². The van der Waals surface area contributed by atoms with Crippen molar-refractivity contribution in [3.05, 3.63) is 11.6 Å². The third-order valence-electron chi connectivity index (χ3n) is 8.75. The molecule has 7 atom stereocenters. The van der Waals surface area contributed by atoms with Crippen molar-refractivity contribution in [2.75, 3.05) is 6.61 Å². The Balaban J connectivity index is 1.59. The second-order valence-corrected chi connectivity index (χ2v) is 9.98. The highest BCUT2D eigenvalue weighted by Crippen LogP contribution is 2.67. The Bertz CT molecular complexity index is 743. The Morgan fingerprint density at radius 2 is 1.93 bits per heavy atom. The molecule has 4 nitrogen and oxygen atoms in total. The van der Waals surface area contributed by atoms with Crippen molar-refractivity contribution in [1.82, 2.24) is 0 Å². The summed E-state index contributed by atoms with van der Waals surface area (Å²) in [5.41, 5.74) is 0.367. The molecule has 3 fully saturated rings. The molecule has 5 heteroatoms. The molecule has 0 N–H and O–H groups in total. The first-order chi connectivity index (χ1) is 13.2. The molecule has 0 bridgehead atoms. The normalized spacial score (nSPS) is 44.8. The number of hydrogen-bond donors (Lipinski definition) is 0. The number of halogens is 1. The van der Waals surface area contributed by atoms with Gasteiger partial charge in [0.1, 0.15) is 12.8 Å². The summed E-state index contributed by atoms with van der Waals surface area (Å²) in [6, 6.07) is 0. The van der Waals surface area contributed by atoms with Crippen LogP contribution >= 0.6 is 0 Å². The zero-order valence-electron chi connectivity index (χ0n) is 17.1. The molecule has 0 radical (unpaired) electrons. The first kappa shape index (κ1) is 19.8. The number of fused-ring (bicyclic) bond motifs is 5. The number of ether oxygens (including phenoxy) is 1. The van der Waals surface area contributed by atoms with Crippen molar-refractivity contribution in [1.29, 1.82) is 0 Å². The van der Waals surface area contributed by atoms with E-state index >= 15 is 4.39 Å². The number of esters is 1. The molecule has 4 aliphatic carbocycles. The van der Waals surface area contributed by atoms with E-state index in [0.29, 0.717) is 24.7 Å². The van der Waals surface area contributed by atoms with Gasteiger partial charge < -0.3 is 4.74 Å². The van der Waals surface area contributed by atoms with Gasteiger partial charge in [0, 0.05) is 19.3 Å². The van der Waals surface area contributed by atoms with Crippen LogP contribution in [0.3, 0.4) is 0 Å². The Morgan fingerprint density at radius 3 is 2.64 bits per heavy atom. The minimum absolute atomic E-state index is 0.0151. The fourth-order valence-electron chi connectivity index (χ4n) is 7.36. The molecule has 154 valence electrons. The zero-order chi connectivity index (χ0) is 20.3. The van der Waals surface area contributed by atoms with Crippen molar-refractivity contribution in [3.63, 3.8) is 0 Å². The predicted molar refractivity (Wildman–Crippen MR) is 102 cm³/mol. The van der Waals surface area contributed by atoms with Gasteiger partial charge in [-0.2, -0.15) is 0 Å². The van der Waals surface area contributed by atoms with Crippen LogP contribution in [0.15, 0.2) is 11.6 Å². The summed E-state index contributed by atoms with van der Waals surface area (Å²) >= 11 is 0. The molecule has 0 amide bonds. The Kier molecular flexibility index (Phi) is 4.79. The van der Waals surface area contributed by atoms with E-state index in [1.165, 1.54) is 6.92 Å². The van der Waals surface area contributed by atoms with Gasteiger partial charge >= 0.3 is 5.97 Å². The number of carbonyl (C=O) groups is 3. The van der Waals surface area contributed by atoms with E-state index in [2.05, 4.69) is 13.8 Å². The van der Waals surface area contributed by atoms with Crippen molar-refractivity contribution in [2.24, 2.45) is 34.5 Å². The molecule has 0 spiro atoms. The van der Waals surface area contributed by atoms with Crippen LogP contribution in [0.2, 0.25) is 0 Å². The van der Waals surface area contributed by atoms with Gasteiger partial charge in [-0.1, -0.05) is 13.8 Å². The first-order valence-electron chi connectivity index (χ1n) is 10.7. The first-order valence-corrected chi connectivity index (χ1v) is 10.7. The average Bonchev–Trinajstić information content (AvgIpc) is 2.99. The fraction of sp³-hybridized carbons (Fsp3) is 0.783. The van der Waals surface area contributed by atoms with Crippen LogP contribution in [-0.2, 0) is 19.1 Å². The predicted octanol–water partition coefficient (Wildman–Crippen LogP) is 4.21. The van der Waals surface area contributed by atoms with Gasteiger partial charge in [-0.05, 0) is 78.8 Å². The van der Waals surface area contributed by atoms with Crippen molar-refractivity contribution in [3.8, 4) is 0 Å². The van der Waals surface area contributed by atoms with Gasteiger partial charge in [0.15, 0.2) is 11.6 Å². The molecule has 0 saturated heterocycles. The maximum absolute atomic E-state index is 15.2. The molecule has 4 aliphatic rings. The molecule has 0 aromatic rings. The van der Waals surface area contributed by atoms with Gasteiger partial charge in [-0.3, -0.25) is 14.4 Å². The van der Waals surface area contributed by atoms with E-state index in [9.17, 15) is 14.4 Å². The Hall–Kier alpha value is -1.52. The minimum atomic E-state index is -1.05. The lowest BCUT2D eigenvalue weighted by atomic mass is 9.46. The minimum Gasteiger partial charge on any atom is -0.458 e. The molecule has 28 heavy (non-hydrogen) atoms. The summed E-state index contributed by atoms with van der Waals surface area (Å²) in [5.74, 6) is 0.520. The summed E-state index contributed by atoms with van der Waals surface area (Å²) in [7, 11) is 0. The van der Waals surface area contributed by atoms with Gasteiger partial charge in [-0.15, -0.1) is 0 Å². The number of allylic oxidation sites excluding steroid dienone is 1. The van der Waals surface area contributed by atoms with Crippen LogP contribution in [0.4, 0.5) is 4.39 Å². The number of hydrogen-bond acceptors (Lipinski definition) is 4. The van der Waals surface area contributed by atoms with Crippen LogP contribution in [-0.4, -0.2) is 30.3 Å². The lowest BCUT2D eigenvalue weighted by Crippen LogP contribution is -2.53. The van der Waals surface area contributed by atoms with Gasteiger partial charge in [0.05, 0.1) is 0 Å². The van der Waals surface area contributed by atoms with E-state index in [1.54, 1.807) is 6.08 Å². The lowest BCUT2D eigenvalue weighted by Gasteiger charge is -2.58. The highest BCUT2D eigenvalue weighted by atomic mass is 19.1. The van der Waals surface area contributed by atoms with Crippen LogP contribution < -0.4 is 0 Å². The number of ketones is 2. The third kappa shape index (κ3) is 2.88. The average molecular weight is 390 g/mol. The summed E-state index contributed by atoms with van der Waals surface area (Å²) in [4.78, 5) is 35.8. The number of Topliss-reactive ketones (excluding diaryl/α,β-unsaturated/α-hetero) is 1. The zero-order valence-corrected chi connectivity index (χ0v) is 17.1. The Labute approximate surface area is 166 Å². The molecule has 3 saturated carbocycles. The molecule has 0 aromatic heterocycles. The molecular formula is C23H31FO4. The highest BCUT2D eigenvalue weighted by Gasteiger charge is 2.61. The summed E-state index contributed by atoms with van der Waals surface area (Å²) < 4.78 is 20.2. The number of carbonyl (C=O) groups excluding carboxylic acids is 3. The third-order valence-corrected chi connectivity index (χ3v) is 8.75. The lowest BCUT2D eigenvalue weighted by molar-refractivity contribution is -0.149. The van der Waals surface area contributed by atoms with Crippen molar-refractivity contribution < 1.29 is 23.5 Å². The number of alkyl halides is 1. The Morgan fingerprint density at radius 1 is 1.18 bits per heavy atom. The standard InChI is InChI=1S/C23H31FO4/c1-13(25)28-12-21(27)18-5-4-16-15-11-20(24)19-10-14(26)6-8-23(19,3)17(15)7-9-22(16,18)2/h10,15-18,20H,4-9,11-12H2,1-3H3/t15-,16-,17-,18+,20+,22-,23+/m0/s1. The quantitative estimate of drug-likeness (QED) is 0.677. The van der Waals surface area contributed by atoms with E-state index in [4.69, 9.17) is 4.74 Å². The van der Waals surface area contributed by atoms with Crippen LogP contribution in [0.1, 0.15) is 65.7 Å². The van der Waals surface area contributed by atoms with Crippen molar-refractivity contribution in [2.45, 2.75) is 71.9 Å². The molecular weight excluding hydrogens is 359 g/mol. The maximum atomic E-state index is 15.2. The monoisotopic (exact) mass is 390 g/mol. The van der Waals surface area contributed by atoms with Crippen LogP contribution in [0, 0.1) is 34.5 Å². The largest absolute Gasteiger partial charge is 0.458 e. The molecule has 0 heterocycles. The topological polar surface area (TPSA) is 60.4 Å². The summed E-state index contributed by atoms with van der Waals surface area (Å²) in [5, 5.41) is 0. The van der Waals surface area contributed by atoms with Gasteiger partial charge in [0.2, 0.25) is 0 Å². The second kappa shape index (κ2) is 6.77. The number of rotatable bonds is 3. The van der Waals surface area contributed by atoms with Gasteiger partial charge in [-0.25, -0.2) is 4.39 Å². The van der Waals surface area contributed by atoms with Gasteiger partial charge in [0.25, 0.3) is 0 Å². The molecule has 0 unspecified atom stereocenters. The van der Waals surface area contributed by atoms with E-state index in [1.807, 2.05) is 0 Å². The molecule has 0 aliphatic heterocycles. The summed E-state index contributed by atoms with van der Waals surface area (Å²) in [6.45, 7) is 5.54. The second-order valence-electron chi connectivity index (χ2n) is 9.98. The summed E-state index contributed by atoms with van der Waals surface area (Å²) in [6.07, 6.45) is 5.96. The highest BCUT2D eigenvalue weighted by molar-refractivity contribution is 5.92. The van der Waals surface area contributed by atoms with Crippen molar-refractivity contribution >= 4 is 17.5 Å². The van der Waals surface area contributed by atoms with E-state index < -0.39 is 12.1 Å². The fourth-order valence-corrected chi connectivity index (χ4v) is 7.36. The SMILES string of the molecule is CC(=O)OCC(=O)[C@H]1CC[C@H]2[C@@H]3C[C@@H](F)C4=CC(=O)CC[C@]4(C)[C@H]3CC[C@]12C. The molecule has 4 rings (SSSR count). The van der Waals surface area contributed by atoms with E-state index in [0.717, 1.165) is 37.7 Å². The smallest absolute Gasteiger partial charge is 0.303 e. The maximum Gasteiger partial charge on any atom is 0.303 e.